The predicted molar refractivity (Wildman–Crippen MR) is 113 cm³/mol. The van der Waals surface area contributed by atoms with Crippen LogP contribution in [0.15, 0.2) is 36.4 Å². The van der Waals surface area contributed by atoms with Gasteiger partial charge in [0.15, 0.2) is 23.9 Å². The third-order valence-electron chi connectivity index (χ3n) is 4.37. The van der Waals surface area contributed by atoms with Crippen LogP contribution in [-0.4, -0.2) is 62.1 Å². The molecule has 11 nitrogen and oxygen atoms in total. The van der Waals surface area contributed by atoms with E-state index in [4.69, 9.17) is 18.9 Å². The molecule has 3 aromatic rings. The standard InChI is InChI=1S/C21H22N4O7/c1-28-13-6-7-14(16(10-13)29-2)19-22-21(25-24-19)23-20(27)12-5-8-15(17(9-12)30-3)32-11-18(26)31-4/h5-10H,11H2,1-4H3,(H2,22,23,24,25,27). The molecule has 32 heavy (non-hydrogen) atoms. The molecule has 1 heterocycles. The molecule has 0 bridgehead atoms. The molecule has 0 spiro atoms. The van der Waals surface area contributed by atoms with Crippen molar-refractivity contribution >= 4 is 17.8 Å². The summed E-state index contributed by atoms with van der Waals surface area (Å²) in [6.45, 7) is -0.285. The Labute approximate surface area is 183 Å². The molecule has 2 N–H and O–H groups in total. The maximum absolute atomic E-state index is 12.6. The summed E-state index contributed by atoms with van der Waals surface area (Å²) < 4.78 is 25.7. The van der Waals surface area contributed by atoms with Gasteiger partial charge in [0.05, 0.1) is 34.0 Å². The molecule has 1 aromatic heterocycles. The van der Waals surface area contributed by atoms with Crippen LogP contribution in [-0.2, 0) is 9.53 Å². The Balaban J connectivity index is 1.74. The molecule has 2 aromatic carbocycles. The van der Waals surface area contributed by atoms with Crippen LogP contribution < -0.4 is 24.3 Å². The highest BCUT2D eigenvalue weighted by molar-refractivity contribution is 6.03. The van der Waals surface area contributed by atoms with E-state index in [9.17, 15) is 9.59 Å². The van der Waals surface area contributed by atoms with Crippen molar-refractivity contribution in [1.29, 1.82) is 0 Å². The van der Waals surface area contributed by atoms with Crippen LogP contribution in [0.2, 0.25) is 0 Å². The molecule has 0 radical (unpaired) electrons. The first-order valence-corrected chi connectivity index (χ1v) is 9.32. The number of carbonyl (C=O) groups excluding carboxylic acids is 2. The van der Waals surface area contributed by atoms with E-state index in [0.29, 0.717) is 28.6 Å². The van der Waals surface area contributed by atoms with E-state index in [2.05, 4.69) is 25.2 Å². The number of aromatic nitrogens is 3. The van der Waals surface area contributed by atoms with Crippen molar-refractivity contribution in [2.45, 2.75) is 0 Å². The summed E-state index contributed by atoms with van der Waals surface area (Å²) in [5.74, 6) is 1.22. The SMILES string of the molecule is COC(=O)COc1ccc(C(=O)Nc2n[nH]c(-c3ccc(OC)cc3OC)n2)cc1OC. The minimum absolute atomic E-state index is 0.0767. The molecule has 0 saturated carbocycles. The largest absolute Gasteiger partial charge is 0.497 e. The number of hydrogen-bond acceptors (Lipinski definition) is 9. The normalized spacial score (nSPS) is 10.2. The lowest BCUT2D eigenvalue weighted by atomic mass is 10.2. The summed E-state index contributed by atoms with van der Waals surface area (Å²) in [5, 5.41) is 9.41. The van der Waals surface area contributed by atoms with Crippen LogP contribution in [0.3, 0.4) is 0 Å². The van der Waals surface area contributed by atoms with Crippen molar-refractivity contribution in [3.63, 3.8) is 0 Å². The number of rotatable bonds is 9. The summed E-state index contributed by atoms with van der Waals surface area (Å²) in [4.78, 5) is 28.2. The van der Waals surface area contributed by atoms with Crippen LogP contribution in [0.4, 0.5) is 5.95 Å². The van der Waals surface area contributed by atoms with Gasteiger partial charge in [-0.25, -0.2) is 4.79 Å². The molecular formula is C21H22N4O7. The Morgan fingerprint density at radius 2 is 1.72 bits per heavy atom. The smallest absolute Gasteiger partial charge is 0.343 e. The molecule has 3 rings (SSSR count). The molecule has 0 atom stereocenters. The van der Waals surface area contributed by atoms with Gasteiger partial charge in [-0.15, -0.1) is 5.10 Å². The Morgan fingerprint density at radius 1 is 0.938 bits per heavy atom. The van der Waals surface area contributed by atoms with Gasteiger partial charge in [0, 0.05) is 11.6 Å². The van der Waals surface area contributed by atoms with Gasteiger partial charge in [-0.2, -0.15) is 4.98 Å². The highest BCUT2D eigenvalue weighted by Crippen LogP contribution is 2.32. The molecule has 0 fully saturated rings. The summed E-state index contributed by atoms with van der Waals surface area (Å²) in [6, 6.07) is 9.75. The second-order valence-corrected chi connectivity index (χ2v) is 6.26. The van der Waals surface area contributed by atoms with Crippen molar-refractivity contribution in [2.75, 3.05) is 40.4 Å². The highest BCUT2D eigenvalue weighted by Gasteiger charge is 2.16. The van der Waals surface area contributed by atoms with Crippen molar-refractivity contribution in [1.82, 2.24) is 15.2 Å². The molecule has 11 heteroatoms. The van der Waals surface area contributed by atoms with Crippen LogP contribution >= 0.6 is 0 Å². The quantitative estimate of drug-likeness (QED) is 0.479. The molecule has 168 valence electrons. The van der Waals surface area contributed by atoms with Crippen LogP contribution in [0.25, 0.3) is 11.4 Å². The number of ether oxygens (including phenoxy) is 5. The van der Waals surface area contributed by atoms with Gasteiger partial charge in [-0.1, -0.05) is 0 Å². The van der Waals surface area contributed by atoms with E-state index in [0.717, 1.165) is 0 Å². The van der Waals surface area contributed by atoms with Gasteiger partial charge >= 0.3 is 5.97 Å². The van der Waals surface area contributed by atoms with Gasteiger partial charge in [-0.3, -0.25) is 15.2 Å². The first-order chi connectivity index (χ1) is 15.5. The second-order valence-electron chi connectivity index (χ2n) is 6.26. The van der Waals surface area contributed by atoms with Crippen LogP contribution in [0.1, 0.15) is 10.4 Å². The fraction of sp³-hybridized carbons (Fsp3) is 0.238. The third kappa shape index (κ3) is 5.06. The van der Waals surface area contributed by atoms with E-state index < -0.39 is 11.9 Å². The van der Waals surface area contributed by atoms with Gasteiger partial charge < -0.3 is 23.7 Å². The van der Waals surface area contributed by atoms with Crippen molar-refractivity contribution in [3.05, 3.63) is 42.0 Å². The average molecular weight is 442 g/mol. The first kappa shape index (κ1) is 22.4. The zero-order chi connectivity index (χ0) is 23.1. The minimum atomic E-state index is -0.539. The van der Waals surface area contributed by atoms with Gasteiger partial charge in [0.2, 0.25) is 5.95 Å². The van der Waals surface area contributed by atoms with Gasteiger partial charge in [0.25, 0.3) is 5.91 Å². The number of hydrogen-bond donors (Lipinski definition) is 2. The summed E-state index contributed by atoms with van der Waals surface area (Å²) >= 11 is 0. The number of H-pyrrole nitrogens is 1. The number of carbonyl (C=O) groups is 2. The van der Waals surface area contributed by atoms with Crippen LogP contribution in [0.5, 0.6) is 23.0 Å². The summed E-state index contributed by atoms with van der Waals surface area (Å²) in [6.07, 6.45) is 0. The second kappa shape index (κ2) is 10.2. The van der Waals surface area contributed by atoms with Gasteiger partial charge in [-0.05, 0) is 30.3 Å². The zero-order valence-corrected chi connectivity index (χ0v) is 17.9. The van der Waals surface area contributed by atoms with E-state index in [1.54, 1.807) is 25.3 Å². The monoisotopic (exact) mass is 442 g/mol. The lowest BCUT2D eigenvalue weighted by molar-refractivity contribution is -0.142. The fourth-order valence-electron chi connectivity index (χ4n) is 2.73. The Hall–Kier alpha value is -4.28. The number of amides is 1. The highest BCUT2D eigenvalue weighted by atomic mass is 16.6. The van der Waals surface area contributed by atoms with E-state index in [1.165, 1.54) is 39.5 Å². The predicted octanol–water partition coefficient (Wildman–Crippen LogP) is 2.30. The molecule has 1 amide bonds. The average Bonchev–Trinajstić information content (AvgIpc) is 3.29. The lowest BCUT2D eigenvalue weighted by Gasteiger charge is -2.11. The van der Waals surface area contributed by atoms with Crippen molar-refractivity contribution in [2.24, 2.45) is 0 Å². The number of nitrogens with zero attached hydrogens (tertiary/aromatic N) is 2. The van der Waals surface area contributed by atoms with Crippen LogP contribution in [0, 0.1) is 0 Å². The fourth-order valence-corrected chi connectivity index (χ4v) is 2.73. The molecule has 0 unspecified atom stereocenters. The number of methoxy groups -OCH3 is 4. The molecule has 0 aliphatic rings. The number of nitrogens with one attached hydrogen (secondary N) is 2. The van der Waals surface area contributed by atoms with E-state index >= 15 is 0 Å². The van der Waals surface area contributed by atoms with E-state index in [-0.39, 0.29) is 23.9 Å². The molecular weight excluding hydrogens is 420 g/mol. The Bertz CT molecular complexity index is 1110. The Kier molecular flexibility index (Phi) is 7.11. The summed E-state index contributed by atoms with van der Waals surface area (Å²) in [5.41, 5.74) is 0.927. The first-order valence-electron chi connectivity index (χ1n) is 9.32. The lowest BCUT2D eigenvalue weighted by Crippen LogP contribution is -2.15. The maximum atomic E-state index is 12.6. The summed E-state index contributed by atoms with van der Waals surface area (Å²) in [7, 11) is 5.77. The topological polar surface area (TPSA) is 134 Å². The van der Waals surface area contributed by atoms with Crippen molar-refractivity contribution < 1.29 is 33.3 Å². The maximum Gasteiger partial charge on any atom is 0.343 e. The third-order valence-corrected chi connectivity index (χ3v) is 4.37. The Morgan fingerprint density at radius 3 is 2.41 bits per heavy atom. The number of esters is 1. The number of aromatic amines is 1. The molecule has 0 aliphatic heterocycles. The van der Waals surface area contributed by atoms with Gasteiger partial charge in [0.1, 0.15) is 11.5 Å². The van der Waals surface area contributed by atoms with E-state index in [1.807, 2.05) is 0 Å². The molecule has 0 saturated heterocycles. The number of benzene rings is 2. The molecule has 0 aliphatic carbocycles. The minimum Gasteiger partial charge on any atom is -0.497 e. The zero-order valence-electron chi connectivity index (χ0n) is 17.9. The van der Waals surface area contributed by atoms with Crippen molar-refractivity contribution in [3.8, 4) is 34.4 Å². The number of anilines is 1.